The lowest BCUT2D eigenvalue weighted by Gasteiger charge is -2.26. The molecule has 1 aliphatic rings. The maximum Gasteiger partial charge on any atom is 0.216 e. The van der Waals surface area contributed by atoms with E-state index in [4.69, 9.17) is 5.26 Å². The zero-order valence-corrected chi connectivity index (χ0v) is 11.3. The van der Waals surface area contributed by atoms with Crippen LogP contribution in [0.1, 0.15) is 19.3 Å². The molecule has 0 aromatic rings. The van der Waals surface area contributed by atoms with Gasteiger partial charge in [0.05, 0.1) is 22.8 Å². The zero-order chi connectivity index (χ0) is 13.1. The van der Waals surface area contributed by atoms with Gasteiger partial charge in [-0.25, -0.2) is 21.1 Å². The Bertz CT molecular complexity index is 490. The van der Waals surface area contributed by atoms with Gasteiger partial charge in [-0.05, 0) is 12.8 Å². The molecule has 0 bridgehead atoms. The van der Waals surface area contributed by atoms with E-state index in [1.165, 1.54) is 7.05 Å². The summed E-state index contributed by atoms with van der Waals surface area (Å²) in [5.74, 6) is -0.133. The molecule has 1 heterocycles. The summed E-state index contributed by atoms with van der Waals surface area (Å²) < 4.78 is 47.6. The van der Waals surface area contributed by atoms with Crippen LogP contribution in [0.5, 0.6) is 0 Å². The molecular formula is C9H16N2O4S2. The number of hydrogen-bond donors (Lipinski definition) is 0. The minimum atomic E-state index is -3.47. The average Bonchev–Trinajstić information content (AvgIpc) is 2.25. The molecule has 0 unspecified atom stereocenters. The van der Waals surface area contributed by atoms with Crippen molar-refractivity contribution < 1.29 is 16.8 Å². The molecule has 1 saturated heterocycles. The molecule has 1 fully saturated rings. The molecule has 1 rings (SSSR count). The maximum atomic E-state index is 12.0. The molecule has 98 valence electrons. The number of rotatable bonds is 4. The van der Waals surface area contributed by atoms with Crippen LogP contribution < -0.4 is 0 Å². The van der Waals surface area contributed by atoms with Crippen molar-refractivity contribution in [2.24, 2.45) is 0 Å². The summed E-state index contributed by atoms with van der Waals surface area (Å²) >= 11 is 0. The van der Waals surface area contributed by atoms with Crippen molar-refractivity contribution in [3.63, 3.8) is 0 Å². The van der Waals surface area contributed by atoms with Crippen LogP contribution in [0.2, 0.25) is 0 Å². The zero-order valence-electron chi connectivity index (χ0n) is 9.66. The second-order valence-corrected chi connectivity index (χ2v) is 8.75. The molecule has 0 aliphatic carbocycles. The van der Waals surface area contributed by atoms with Crippen molar-refractivity contribution in [1.29, 1.82) is 5.26 Å². The van der Waals surface area contributed by atoms with Gasteiger partial charge < -0.3 is 0 Å². The number of nitrogens with zero attached hydrogens (tertiary/aromatic N) is 2. The quantitative estimate of drug-likeness (QED) is 0.707. The number of nitriles is 1. The highest BCUT2D eigenvalue weighted by Gasteiger charge is 2.34. The maximum absolute atomic E-state index is 12.0. The Kier molecular flexibility index (Phi) is 4.52. The van der Waals surface area contributed by atoms with E-state index in [2.05, 4.69) is 0 Å². The molecule has 0 amide bonds. The second kappa shape index (κ2) is 5.33. The lowest BCUT2D eigenvalue weighted by atomic mass is 10.2. The number of hydrogen-bond acceptors (Lipinski definition) is 5. The van der Waals surface area contributed by atoms with Gasteiger partial charge in [0.25, 0.3) is 0 Å². The first-order chi connectivity index (χ1) is 7.79. The highest BCUT2D eigenvalue weighted by atomic mass is 32.2. The highest BCUT2D eigenvalue weighted by molar-refractivity contribution is 7.92. The van der Waals surface area contributed by atoms with E-state index in [0.29, 0.717) is 0 Å². The summed E-state index contributed by atoms with van der Waals surface area (Å²) in [5, 5.41) is 7.78. The predicted octanol–water partition coefficient (Wildman–Crippen LogP) is -0.261. The minimum absolute atomic E-state index is 0.0665. The summed E-state index contributed by atoms with van der Waals surface area (Å²) in [7, 11) is -5.09. The fourth-order valence-corrected chi connectivity index (χ4v) is 5.23. The summed E-state index contributed by atoms with van der Waals surface area (Å²) in [5.41, 5.74) is 0. The third-order valence-electron chi connectivity index (χ3n) is 2.90. The van der Waals surface area contributed by atoms with Gasteiger partial charge in [-0.15, -0.1) is 0 Å². The van der Waals surface area contributed by atoms with Gasteiger partial charge in [-0.1, -0.05) is 0 Å². The van der Waals surface area contributed by atoms with E-state index in [1.807, 2.05) is 6.07 Å². The van der Waals surface area contributed by atoms with Gasteiger partial charge >= 0.3 is 0 Å². The monoisotopic (exact) mass is 280 g/mol. The Morgan fingerprint density at radius 2 is 1.88 bits per heavy atom. The molecular weight excluding hydrogens is 264 g/mol. The number of sulfone groups is 1. The van der Waals surface area contributed by atoms with Crippen molar-refractivity contribution in [3.8, 4) is 6.07 Å². The molecule has 1 aliphatic heterocycles. The third kappa shape index (κ3) is 3.66. The van der Waals surface area contributed by atoms with Crippen LogP contribution in [-0.2, 0) is 19.9 Å². The van der Waals surface area contributed by atoms with Crippen LogP contribution in [0.3, 0.4) is 0 Å². The lowest BCUT2D eigenvalue weighted by molar-refractivity contribution is 0.457. The van der Waals surface area contributed by atoms with E-state index in [1.54, 1.807) is 0 Å². The van der Waals surface area contributed by atoms with Crippen molar-refractivity contribution in [2.75, 3.05) is 25.1 Å². The fourth-order valence-electron chi connectivity index (χ4n) is 1.76. The molecule has 0 atom stereocenters. The van der Waals surface area contributed by atoms with Gasteiger partial charge in [0.1, 0.15) is 9.84 Å². The Morgan fingerprint density at radius 3 is 2.35 bits per heavy atom. The van der Waals surface area contributed by atoms with Gasteiger partial charge in [-0.3, -0.25) is 0 Å². The Morgan fingerprint density at radius 1 is 1.35 bits per heavy atom. The van der Waals surface area contributed by atoms with Gasteiger partial charge in [0.15, 0.2) is 0 Å². The summed E-state index contributed by atoms with van der Waals surface area (Å²) in [6.45, 7) is 0.155. The van der Waals surface area contributed by atoms with Gasteiger partial charge in [0, 0.05) is 20.0 Å². The molecule has 0 spiro atoms. The van der Waals surface area contributed by atoms with Crippen LogP contribution >= 0.6 is 0 Å². The van der Waals surface area contributed by atoms with E-state index < -0.39 is 25.1 Å². The summed E-state index contributed by atoms with van der Waals surface area (Å²) in [6.07, 6.45) is 0.448. The Labute approximate surface area is 102 Å². The molecule has 8 heteroatoms. The first-order valence-electron chi connectivity index (χ1n) is 5.32. The smallest absolute Gasteiger partial charge is 0.216 e. The molecule has 0 radical (unpaired) electrons. The van der Waals surface area contributed by atoms with E-state index >= 15 is 0 Å². The van der Waals surface area contributed by atoms with E-state index in [9.17, 15) is 16.8 Å². The molecule has 0 aromatic heterocycles. The molecule has 6 nitrogen and oxygen atoms in total. The highest BCUT2D eigenvalue weighted by Crippen LogP contribution is 2.21. The first kappa shape index (κ1) is 14.4. The Hall–Kier alpha value is -0.650. The van der Waals surface area contributed by atoms with E-state index in [0.717, 1.165) is 4.31 Å². The molecule has 0 aromatic carbocycles. The van der Waals surface area contributed by atoms with Gasteiger partial charge in [0.2, 0.25) is 10.0 Å². The first-order valence-corrected chi connectivity index (χ1v) is 8.64. The van der Waals surface area contributed by atoms with Crippen LogP contribution in [0, 0.1) is 11.3 Å². The van der Waals surface area contributed by atoms with Crippen molar-refractivity contribution in [2.45, 2.75) is 24.5 Å². The fraction of sp³-hybridized carbons (Fsp3) is 0.889. The largest absolute Gasteiger partial charge is 0.229 e. The molecule has 17 heavy (non-hydrogen) atoms. The summed E-state index contributed by atoms with van der Waals surface area (Å²) in [6, 6.07) is 1.88. The molecule has 0 saturated carbocycles. The minimum Gasteiger partial charge on any atom is -0.229 e. The molecule has 0 N–H and O–H groups in total. The average molecular weight is 280 g/mol. The lowest BCUT2D eigenvalue weighted by Crippen LogP contribution is -2.41. The van der Waals surface area contributed by atoms with E-state index in [-0.39, 0.29) is 37.3 Å². The second-order valence-electron chi connectivity index (χ2n) is 4.13. The van der Waals surface area contributed by atoms with Crippen LogP contribution in [0.15, 0.2) is 0 Å². The predicted molar refractivity (Wildman–Crippen MR) is 63.5 cm³/mol. The standard InChI is InChI=1S/C9H16N2O4S2/c1-11(6-2-5-10)17(14,15)9-3-7-16(12,13)8-4-9/h9H,2-4,6-8H2,1H3. The van der Waals surface area contributed by atoms with Crippen LogP contribution in [0.4, 0.5) is 0 Å². The van der Waals surface area contributed by atoms with Crippen molar-refractivity contribution >= 4 is 19.9 Å². The normalized spacial score (nSPS) is 21.2. The topological polar surface area (TPSA) is 95.3 Å². The van der Waals surface area contributed by atoms with Crippen LogP contribution in [0.25, 0.3) is 0 Å². The van der Waals surface area contributed by atoms with Gasteiger partial charge in [-0.2, -0.15) is 5.26 Å². The van der Waals surface area contributed by atoms with Crippen LogP contribution in [-0.4, -0.2) is 51.5 Å². The SMILES string of the molecule is CN(CCC#N)S(=O)(=O)C1CCS(=O)(=O)CC1. The van der Waals surface area contributed by atoms with Crippen molar-refractivity contribution in [1.82, 2.24) is 4.31 Å². The third-order valence-corrected chi connectivity index (χ3v) is 6.98. The number of sulfonamides is 1. The Balaban J connectivity index is 2.70. The van der Waals surface area contributed by atoms with Crippen molar-refractivity contribution in [3.05, 3.63) is 0 Å². The summed E-state index contributed by atoms with van der Waals surface area (Å²) in [4.78, 5) is 0.